The fourth-order valence-corrected chi connectivity index (χ4v) is 1.31. The summed E-state index contributed by atoms with van der Waals surface area (Å²) in [5, 5.41) is 0. The Kier molecular flexibility index (Phi) is 9.99. The lowest BCUT2D eigenvalue weighted by atomic mass is 10.7. The molecule has 1 heterocycles. The monoisotopic (exact) mass is 339 g/mol. The van der Waals surface area contributed by atoms with E-state index in [9.17, 15) is 0 Å². The van der Waals surface area contributed by atoms with Crippen molar-refractivity contribution in [1.82, 2.24) is 15.0 Å². The Balaban J connectivity index is 2.62. The third kappa shape index (κ3) is 8.47. The van der Waals surface area contributed by atoms with Crippen molar-refractivity contribution in [1.29, 1.82) is 0 Å². The van der Waals surface area contributed by atoms with Gasteiger partial charge in [0, 0.05) is 0 Å². The van der Waals surface area contributed by atoms with Gasteiger partial charge < -0.3 is 28.4 Å². The summed E-state index contributed by atoms with van der Waals surface area (Å²) in [5.41, 5.74) is 0. The Morgan fingerprint density at radius 1 is 0.542 bits per heavy atom. The molecule has 0 N–H and O–H groups in total. The average molecular weight is 339 g/mol. The van der Waals surface area contributed by atoms with Crippen LogP contribution in [0.15, 0.2) is 38.5 Å². The molecule has 0 aliphatic rings. The molecule has 0 saturated carbocycles. The number of nitrogens with zero attached hydrogens (tertiary/aromatic N) is 3. The van der Waals surface area contributed by atoms with Crippen LogP contribution in [-0.4, -0.2) is 54.6 Å². The number of hydrogen-bond donors (Lipinski definition) is 0. The smallest absolute Gasteiger partial charge is 0.325 e. The molecular weight excluding hydrogens is 318 g/mol. The molecule has 0 amide bonds. The largest absolute Gasteiger partial charge is 0.498 e. The van der Waals surface area contributed by atoms with Crippen LogP contribution in [0.1, 0.15) is 0 Å². The van der Waals surface area contributed by atoms with Gasteiger partial charge in [0.1, 0.15) is 39.6 Å². The summed E-state index contributed by atoms with van der Waals surface area (Å²) in [6.45, 7) is 11.9. The van der Waals surface area contributed by atoms with Gasteiger partial charge >= 0.3 is 18.0 Å². The first kappa shape index (κ1) is 19.1. The van der Waals surface area contributed by atoms with E-state index in [-0.39, 0.29) is 37.9 Å². The summed E-state index contributed by atoms with van der Waals surface area (Å²) >= 11 is 0. The lowest BCUT2D eigenvalue weighted by Gasteiger charge is -2.09. The molecule has 9 nitrogen and oxygen atoms in total. The quantitative estimate of drug-likeness (QED) is 0.348. The summed E-state index contributed by atoms with van der Waals surface area (Å²) < 4.78 is 30.9. The molecule has 0 aliphatic heterocycles. The first-order chi connectivity index (χ1) is 11.8. The molecule has 0 saturated heterocycles. The Labute approximate surface area is 140 Å². The van der Waals surface area contributed by atoms with E-state index in [0.29, 0.717) is 19.8 Å². The fraction of sp³-hybridized carbons (Fsp3) is 0.400. The van der Waals surface area contributed by atoms with Gasteiger partial charge in [-0.05, 0) is 0 Å². The minimum absolute atomic E-state index is 0.0527. The van der Waals surface area contributed by atoms with E-state index in [2.05, 4.69) is 34.7 Å². The van der Waals surface area contributed by atoms with E-state index in [4.69, 9.17) is 28.4 Å². The van der Waals surface area contributed by atoms with Crippen LogP contribution in [0.3, 0.4) is 0 Å². The molecule has 0 fully saturated rings. The Morgan fingerprint density at radius 2 is 0.833 bits per heavy atom. The van der Waals surface area contributed by atoms with Crippen LogP contribution in [-0.2, 0) is 14.2 Å². The molecule has 24 heavy (non-hydrogen) atoms. The van der Waals surface area contributed by atoms with Crippen molar-refractivity contribution < 1.29 is 28.4 Å². The molecule has 0 radical (unpaired) electrons. The predicted octanol–water partition coefficient (Wildman–Crippen LogP) is 1.49. The van der Waals surface area contributed by atoms with Gasteiger partial charge in [0.05, 0.1) is 18.8 Å². The van der Waals surface area contributed by atoms with Crippen LogP contribution < -0.4 is 14.2 Å². The number of ether oxygens (including phenoxy) is 6. The number of hydrogen-bond acceptors (Lipinski definition) is 9. The van der Waals surface area contributed by atoms with E-state index in [1.807, 2.05) is 0 Å². The summed E-state index contributed by atoms with van der Waals surface area (Å²) in [5.74, 6) is 0. The van der Waals surface area contributed by atoms with Crippen LogP contribution in [0, 0.1) is 0 Å². The van der Waals surface area contributed by atoms with Gasteiger partial charge in [-0.1, -0.05) is 19.7 Å². The van der Waals surface area contributed by atoms with Crippen LogP contribution in [0.4, 0.5) is 0 Å². The van der Waals surface area contributed by atoms with Crippen molar-refractivity contribution in [2.24, 2.45) is 0 Å². The number of aromatic nitrogens is 3. The maximum absolute atomic E-state index is 5.35. The SMILES string of the molecule is C=COCCOc1nc(OCCOC=C)nc(OCCOC=C)n1. The van der Waals surface area contributed by atoms with Gasteiger partial charge in [-0.25, -0.2) is 0 Å². The molecule has 0 bridgehead atoms. The molecule has 1 aromatic heterocycles. The third-order valence-corrected chi connectivity index (χ3v) is 2.22. The third-order valence-electron chi connectivity index (χ3n) is 2.22. The molecule has 0 unspecified atom stereocenters. The van der Waals surface area contributed by atoms with E-state index in [1.54, 1.807) is 0 Å². The highest BCUT2D eigenvalue weighted by Crippen LogP contribution is 2.14. The van der Waals surface area contributed by atoms with Gasteiger partial charge in [0.25, 0.3) is 0 Å². The summed E-state index contributed by atoms with van der Waals surface area (Å²) in [7, 11) is 0. The van der Waals surface area contributed by atoms with Crippen molar-refractivity contribution in [2.75, 3.05) is 39.6 Å². The molecule has 132 valence electrons. The summed E-state index contributed by atoms with van der Waals surface area (Å²) in [6, 6.07) is 0.158. The zero-order valence-electron chi connectivity index (χ0n) is 13.4. The van der Waals surface area contributed by atoms with Crippen molar-refractivity contribution >= 4 is 0 Å². The highest BCUT2D eigenvalue weighted by molar-refractivity contribution is 5.09. The Hall–Kier alpha value is -2.97. The normalized spacial score (nSPS) is 9.50. The lowest BCUT2D eigenvalue weighted by molar-refractivity contribution is 0.148. The maximum Gasteiger partial charge on any atom is 0.325 e. The second-order valence-electron chi connectivity index (χ2n) is 3.84. The molecule has 1 rings (SSSR count). The minimum Gasteiger partial charge on any atom is -0.498 e. The average Bonchev–Trinajstić information content (AvgIpc) is 2.59. The van der Waals surface area contributed by atoms with Gasteiger partial charge in [-0.2, -0.15) is 0 Å². The van der Waals surface area contributed by atoms with Crippen LogP contribution >= 0.6 is 0 Å². The van der Waals surface area contributed by atoms with E-state index in [1.165, 1.54) is 18.8 Å². The van der Waals surface area contributed by atoms with Gasteiger partial charge in [0.2, 0.25) is 0 Å². The minimum atomic E-state index is 0.0527. The van der Waals surface area contributed by atoms with Gasteiger partial charge in [0.15, 0.2) is 0 Å². The number of rotatable bonds is 15. The highest BCUT2D eigenvalue weighted by atomic mass is 16.6. The van der Waals surface area contributed by atoms with Gasteiger partial charge in [-0.3, -0.25) is 0 Å². The summed E-state index contributed by atoms with van der Waals surface area (Å²) in [4.78, 5) is 12.0. The van der Waals surface area contributed by atoms with Crippen molar-refractivity contribution in [3.8, 4) is 18.0 Å². The first-order valence-corrected chi connectivity index (χ1v) is 7.12. The van der Waals surface area contributed by atoms with E-state index < -0.39 is 0 Å². The topological polar surface area (TPSA) is 94.1 Å². The standard InChI is InChI=1S/C15H21N3O6/c1-4-19-7-10-22-13-16-14(23-11-8-20-5-2)18-15(17-13)24-12-9-21-6-3/h4-6H,1-3,7-12H2. The second-order valence-corrected chi connectivity index (χ2v) is 3.84. The Bertz CT molecular complexity index is 428. The zero-order chi connectivity index (χ0) is 17.5. The lowest BCUT2D eigenvalue weighted by Crippen LogP contribution is -2.13. The molecule has 9 heteroatoms. The second kappa shape index (κ2) is 12.6. The molecule has 0 aromatic carbocycles. The molecule has 1 aromatic rings. The van der Waals surface area contributed by atoms with Crippen molar-refractivity contribution in [3.63, 3.8) is 0 Å². The summed E-state index contributed by atoms with van der Waals surface area (Å²) in [6.07, 6.45) is 3.96. The van der Waals surface area contributed by atoms with Crippen LogP contribution in [0.25, 0.3) is 0 Å². The van der Waals surface area contributed by atoms with Crippen LogP contribution in [0.5, 0.6) is 18.0 Å². The van der Waals surface area contributed by atoms with Crippen molar-refractivity contribution in [3.05, 3.63) is 38.5 Å². The highest BCUT2D eigenvalue weighted by Gasteiger charge is 2.10. The van der Waals surface area contributed by atoms with E-state index >= 15 is 0 Å². The van der Waals surface area contributed by atoms with E-state index in [0.717, 1.165) is 0 Å². The zero-order valence-corrected chi connectivity index (χ0v) is 13.4. The predicted molar refractivity (Wildman–Crippen MR) is 84.8 cm³/mol. The van der Waals surface area contributed by atoms with Gasteiger partial charge in [-0.15, -0.1) is 15.0 Å². The molecular formula is C15H21N3O6. The Morgan fingerprint density at radius 3 is 1.08 bits per heavy atom. The first-order valence-electron chi connectivity index (χ1n) is 7.12. The van der Waals surface area contributed by atoms with Crippen molar-refractivity contribution in [2.45, 2.75) is 0 Å². The van der Waals surface area contributed by atoms with Crippen LogP contribution in [0.2, 0.25) is 0 Å². The molecule has 0 spiro atoms. The molecule has 0 atom stereocenters. The molecule has 0 aliphatic carbocycles. The fourth-order valence-electron chi connectivity index (χ4n) is 1.31. The maximum atomic E-state index is 5.35.